The molecule has 0 aromatic heterocycles. The summed E-state index contributed by atoms with van der Waals surface area (Å²) in [5.41, 5.74) is 1.80. The molecule has 0 saturated heterocycles. The largest absolute Gasteiger partial charge is 0.326 e. The first kappa shape index (κ1) is 11.7. The van der Waals surface area contributed by atoms with Crippen molar-refractivity contribution < 1.29 is 9.59 Å². The summed E-state index contributed by atoms with van der Waals surface area (Å²) < 4.78 is 0. The molecule has 1 aromatic carbocycles. The topological polar surface area (TPSA) is 46.2 Å². The van der Waals surface area contributed by atoms with Crippen LogP contribution in [0.4, 0.5) is 5.69 Å². The molecule has 80 valence electrons. The summed E-state index contributed by atoms with van der Waals surface area (Å²) in [6.45, 7) is 1.96. The molecule has 0 aliphatic heterocycles. The van der Waals surface area contributed by atoms with E-state index < -0.39 is 0 Å². The van der Waals surface area contributed by atoms with Crippen LogP contribution in [-0.4, -0.2) is 17.6 Å². The van der Waals surface area contributed by atoms with Crippen molar-refractivity contribution in [3.8, 4) is 0 Å². The van der Waals surface area contributed by atoms with Gasteiger partial charge in [0.05, 0.1) is 12.3 Å². The highest BCUT2D eigenvalue weighted by atomic mass is 35.5. The molecule has 1 N–H and O–H groups in total. The van der Waals surface area contributed by atoms with Gasteiger partial charge in [0.2, 0.25) is 5.91 Å². The normalized spacial score (nSPS) is 9.73. The van der Waals surface area contributed by atoms with Gasteiger partial charge < -0.3 is 5.32 Å². The van der Waals surface area contributed by atoms with Crippen LogP contribution >= 0.6 is 11.6 Å². The molecule has 1 aromatic rings. The maximum atomic E-state index is 11.3. The average Bonchev–Trinajstić information content (AvgIpc) is 2.21. The van der Waals surface area contributed by atoms with Crippen molar-refractivity contribution in [2.75, 3.05) is 11.2 Å². The van der Waals surface area contributed by atoms with Crippen molar-refractivity contribution in [2.24, 2.45) is 0 Å². The second kappa shape index (κ2) is 5.51. The van der Waals surface area contributed by atoms with Crippen molar-refractivity contribution in [1.29, 1.82) is 0 Å². The van der Waals surface area contributed by atoms with E-state index in [9.17, 15) is 9.59 Å². The van der Waals surface area contributed by atoms with Gasteiger partial charge in [-0.1, -0.05) is 17.7 Å². The Hall–Kier alpha value is -1.35. The van der Waals surface area contributed by atoms with E-state index in [2.05, 4.69) is 5.32 Å². The lowest BCUT2D eigenvalue weighted by Crippen LogP contribution is -2.16. The van der Waals surface area contributed by atoms with E-state index >= 15 is 0 Å². The lowest BCUT2D eigenvalue weighted by Gasteiger charge is -2.03. The lowest BCUT2D eigenvalue weighted by molar-refractivity contribution is -0.124. The molecular weight excluding hydrogens is 214 g/mol. The molecule has 1 amide bonds. The number of alkyl halides is 1. The predicted octanol–water partition coefficient (Wildman–Crippen LogP) is 2.13. The van der Waals surface area contributed by atoms with Gasteiger partial charge in [0, 0.05) is 5.69 Å². The second-order valence-electron chi connectivity index (χ2n) is 3.26. The zero-order chi connectivity index (χ0) is 11.3. The van der Waals surface area contributed by atoms with E-state index in [-0.39, 0.29) is 24.0 Å². The summed E-state index contributed by atoms with van der Waals surface area (Å²) in [6, 6.07) is 7.36. The van der Waals surface area contributed by atoms with Gasteiger partial charge in [0.25, 0.3) is 0 Å². The number of ketones is 1. The highest BCUT2D eigenvalue weighted by molar-refractivity contribution is 6.29. The number of carbonyl (C=O) groups is 2. The zero-order valence-electron chi connectivity index (χ0n) is 8.42. The molecular formula is C11H12ClNO2. The van der Waals surface area contributed by atoms with Crippen molar-refractivity contribution >= 4 is 29.0 Å². The van der Waals surface area contributed by atoms with Crippen LogP contribution < -0.4 is 5.32 Å². The van der Waals surface area contributed by atoms with Crippen LogP contribution in [0.2, 0.25) is 0 Å². The molecule has 0 bridgehead atoms. The number of amides is 1. The molecule has 0 aliphatic carbocycles. The van der Waals surface area contributed by atoms with Gasteiger partial charge in [-0.15, -0.1) is 11.6 Å². The minimum Gasteiger partial charge on any atom is -0.326 e. The quantitative estimate of drug-likeness (QED) is 0.630. The third-order valence-electron chi connectivity index (χ3n) is 1.84. The van der Waals surface area contributed by atoms with Gasteiger partial charge in [-0.25, -0.2) is 0 Å². The number of hydrogen-bond donors (Lipinski definition) is 1. The van der Waals surface area contributed by atoms with Gasteiger partial charge in [-0.3, -0.25) is 9.59 Å². The van der Waals surface area contributed by atoms with Crippen molar-refractivity contribution in [3.63, 3.8) is 0 Å². The van der Waals surface area contributed by atoms with E-state index in [0.717, 1.165) is 5.56 Å². The third-order valence-corrected chi connectivity index (χ3v) is 2.14. The molecule has 0 saturated carbocycles. The van der Waals surface area contributed by atoms with Crippen LogP contribution in [-0.2, 0) is 9.59 Å². The van der Waals surface area contributed by atoms with Gasteiger partial charge in [0.15, 0.2) is 5.78 Å². The minimum absolute atomic E-state index is 0.124. The van der Waals surface area contributed by atoms with Crippen LogP contribution in [0.3, 0.4) is 0 Å². The first-order valence-electron chi connectivity index (χ1n) is 4.56. The number of benzene rings is 1. The highest BCUT2D eigenvalue weighted by Gasteiger charge is 2.07. The van der Waals surface area contributed by atoms with E-state index in [1.54, 1.807) is 12.1 Å². The maximum Gasteiger partial charge on any atom is 0.231 e. The maximum absolute atomic E-state index is 11.3. The van der Waals surface area contributed by atoms with Crippen LogP contribution in [0.5, 0.6) is 0 Å². The molecule has 0 atom stereocenters. The number of anilines is 1. The van der Waals surface area contributed by atoms with E-state index in [0.29, 0.717) is 5.69 Å². The molecule has 15 heavy (non-hydrogen) atoms. The fourth-order valence-corrected chi connectivity index (χ4v) is 1.16. The molecule has 0 aliphatic rings. The van der Waals surface area contributed by atoms with Gasteiger partial charge in [0.1, 0.15) is 0 Å². The Morgan fingerprint density at radius 1 is 1.27 bits per heavy atom. The van der Waals surface area contributed by atoms with Gasteiger partial charge >= 0.3 is 0 Å². The number of Topliss-reactive ketones (excluding diaryl/α,β-unsaturated/α-hetero) is 1. The zero-order valence-corrected chi connectivity index (χ0v) is 9.17. The van der Waals surface area contributed by atoms with Gasteiger partial charge in [-0.2, -0.15) is 0 Å². The van der Waals surface area contributed by atoms with Gasteiger partial charge in [-0.05, 0) is 19.1 Å². The smallest absolute Gasteiger partial charge is 0.231 e. The Kier molecular flexibility index (Phi) is 4.31. The van der Waals surface area contributed by atoms with E-state index in [1.165, 1.54) is 0 Å². The molecule has 1 rings (SSSR count). The number of nitrogens with one attached hydrogen (secondary N) is 1. The summed E-state index contributed by atoms with van der Waals surface area (Å²) in [4.78, 5) is 22.1. The first-order valence-corrected chi connectivity index (χ1v) is 5.09. The summed E-state index contributed by atoms with van der Waals surface area (Å²) in [5.74, 6) is -0.729. The SMILES string of the molecule is Cc1ccc(NC(=O)CC(=O)CCl)cc1. The molecule has 3 nitrogen and oxygen atoms in total. The Morgan fingerprint density at radius 3 is 2.40 bits per heavy atom. The second-order valence-corrected chi connectivity index (χ2v) is 3.53. The Labute approximate surface area is 93.4 Å². The van der Waals surface area contributed by atoms with Crippen LogP contribution in [0, 0.1) is 6.92 Å². The molecule has 0 radical (unpaired) electrons. The number of carbonyl (C=O) groups excluding carboxylic acids is 2. The fourth-order valence-electron chi connectivity index (χ4n) is 1.07. The molecule has 0 heterocycles. The predicted molar refractivity (Wildman–Crippen MR) is 60.2 cm³/mol. The monoisotopic (exact) mass is 225 g/mol. The number of hydrogen-bond acceptors (Lipinski definition) is 2. The third kappa shape index (κ3) is 4.13. The fraction of sp³-hybridized carbons (Fsp3) is 0.273. The van der Waals surface area contributed by atoms with Crippen molar-refractivity contribution in [1.82, 2.24) is 0 Å². The molecule has 0 spiro atoms. The number of rotatable bonds is 4. The summed E-state index contributed by atoms with van der Waals surface area (Å²) in [5, 5.41) is 2.62. The Morgan fingerprint density at radius 2 is 1.87 bits per heavy atom. The summed E-state index contributed by atoms with van der Waals surface area (Å²) in [6.07, 6.45) is -0.169. The average molecular weight is 226 g/mol. The Balaban J connectivity index is 2.51. The molecule has 0 fully saturated rings. The van der Waals surface area contributed by atoms with Crippen molar-refractivity contribution in [2.45, 2.75) is 13.3 Å². The lowest BCUT2D eigenvalue weighted by atomic mass is 10.2. The summed E-state index contributed by atoms with van der Waals surface area (Å²) >= 11 is 5.29. The van der Waals surface area contributed by atoms with Crippen LogP contribution in [0.15, 0.2) is 24.3 Å². The van der Waals surface area contributed by atoms with Crippen LogP contribution in [0.25, 0.3) is 0 Å². The van der Waals surface area contributed by atoms with Crippen LogP contribution in [0.1, 0.15) is 12.0 Å². The highest BCUT2D eigenvalue weighted by Crippen LogP contribution is 2.08. The number of aryl methyl sites for hydroxylation is 1. The molecule has 0 unspecified atom stereocenters. The molecule has 4 heteroatoms. The first-order chi connectivity index (χ1) is 7.11. The minimum atomic E-state index is -0.329. The summed E-state index contributed by atoms with van der Waals surface area (Å²) in [7, 11) is 0. The van der Waals surface area contributed by atoms with E-state index in [1.807, 2.05) is 19.1 Å². The van der Waals surface area contributed by atoms with Crippen molar-refractivity contribution in [3.05, 3.63) is 29.8 Å². The standard InChI is InChI=1S/C11H12ClNO2/c1-8-2-4-9(5-3-8)13-11(15)6-10(14)7-12/h2-5H,6-7H2,1H3,(H,13,15). The van der Waals surface area contributed by atoms with E-state index in [4.69, 9.17) is 11.6 Å². The Bertz CT molecular complexity index is 359. The number of halogens is 1.